The minimum Gasteiger partial charge on any atom is -0.462 e. The first kappa shape index (κ1) is 16.3. The summed E-state index contributed by atoms with van der Waals surface area (Å²) >= 11 is 0. The van der Waals surface area contributed by atoms with Crippen LogP contribution in [0.4, 0.5) is 0 Å². The SMILES string of the molecule is CCCCCCC(C)OCc1cc(C)c(CNC)o1. The lowest BCUT2D eigenvalue weighted by molar-refractivity contribution is 0.0355. The molecule has 0 spiro atoms. The van der Waals surface area contributed by atoms with Crippen LogP contribution >= 0.6 is 0 Å². The highest BCUT2D eigenvalue weighted by atomic mass is 16.5. The monoisotopic (exact) mass is 267 g/mol. The maximum Gasteiger partial charge on any atom is 0.130 e. The van der Waals surface area contributed by atoms with Crippen molar-refractivity contribution >= 4 is 0 Å². The summed E-state index contributed by atoms with van der Waals surface area (Å²) in [5.41, 5.74) is 1.20. The molecule has 1 rings (SSSR count). The maximum absolute atomic E-state index is 5.84. The van der Waals surface area contributed by atoms with E-state index in [0.717, 1.165) is 24.5 Å². The molecule has 0 bridgehead atoms. The predicted molar refractivity (Wildman–Crippen MR) is 79.2 cm³/mol. The van der Waals surface area contributed by atoms with E-state index in [-0.39, 0.29) is 0 Å². The largest absolute Gasteiger partial charge is 0.462 e. The van der Waals surface area contributed by atoms with Gasteiger partial charge in [0.15, 0.2) is 0 Å². The Bertz CT molecular complexity index is 347. The zero-order chi connectivity index (χ0) is 14.1. The highest BCUT2D eigenvalue weighted by Gasteiger charge is 2.09. The van der Waals surface area contributed by atoms with Crippen molar-refractivity contribution in [1.82, 2.24) is 5.32 Å². The van der Waals surface area contributed by atoms with Gasteiger partial charge in [-0.25, -0.2) is 0 Å². The minimum absolute atomic E-state index is 0.315. The zero-order valence-electron chi connectivity index (χ0n) is 12.9. The van der Waals surface area contributed by atoms with Crippen LogP contribution in [0.2, 0.25) is 0 Å². The number of hydrogen-bond donors (Lipinski definition) is 1. The standard InChI is InChI=1S/C16H29NO2/c1-5-6-7-8-9-14(3)18-12-15-10-13(2)16(19-15)11-17-4/h10,14,17H,5-9,11-12H2,1-4H3. The molecule has 19 heavy (non-hydrogen) atoms. The summed E-state index contributed by atoms with van der Waals surface area (Å²) in [5, 5.41) is 3.11. The highest BCUT2D eigenvalue weighted by molar-refractivity contribution is 5.19. The van der Waals surface area contributed by atoms with E-state index >= 15 is 0 Å². The summed E-state index contributed by atoms with van der Waals surface area (Å²) in [5.74, 6) is 1.94. The average molecular weight is 267 g/mol. The fraction of sp³-hybridized carbons (Fsp3) is 0.750. The van der Waals surface area contributed by atoms with Gasteiger partial charge in [0.25, 0.3) is 0 Å². The summed E-state index contributed by atoms with van der Waals surface area (Å²) < 4.78 is 11.6. The summed E-state index contributed by atoms with van der Waals surface area (Å²) in [6.07, 6.45) is 6.65. The third kappa shape index (κ3) is 6.26. The first-order valence-electron chi connectivity index (χ1n) is 7.51. The Morgan fingerprint density at radius 2 is 2.11 bits per heavy atom. The van der Waals surface area contributed by atoms with Crippen LogP contribution in [0, 0.1) is 6.92 Å². The first-order chi connectivity index (χ1) is 9.17. The topological polar surface area (TPSA) is 34.4 Å². The van der Waals surface area contributed by atoms with Gasteiger partial charge in [-0.3, -0.25) is 0 Å². The summed E-state index contributed by atoms with van der Waals surface area (Å²) in [6.45, 7) is 7.82. The van der Waals surface area contributed by atoms with Gasteiger partial charge >= 0.3 is 0 Å². The quantitative estimate of drug-likeness (QED) is 0.646. The molecule has 0 aromatic carbocycles. The van der Waals surface area contributed by atoms with Gasteiger partial charge in [-0.1, -0.05) is 32.6 Å². The Morgan fingerprint density at radius 3 is 2.79 bits per heavy atom. The van der Waals surface area contributed by atoms with E-state index in [9.17, 15) is 0 Å². The molecule has 0 saturated heterocycles. The molecule has 0 fully saturated rings. The van der Waals surface area contributed by atoms with E-state index in [1.54, 1.807) is 0 Å². The molecule has 0 aliphatic heterocycles. The smallest absolute Gasteiger partial charge is 0.130 e. The zero-order valence-corrected chi connectivity index (χ0v) is 12.9. The second-order valence-corrected chi connectivity index (χ2v) is 5.32. The lowest BCUT2D eigenvalue weighted by Crippen LogP contribution is -2.07. The third-order valence-electron chi connectivity index (χ3n) is 3.38. The van der Waals surface area contributed by atoms with Gasteiger partial charge in [-0.15, -0.1) is 0 Å². The van der Waals surface area contributed by atoms with Crippen molar-refractivity contribution in [3.63, 3.8) is 0 Å². The Labute approximate surface area is 117 Å². The number of aryl methyl sites for hydroxylation is 1. The number of furan rings is 1. The molecular formula is C16H29NO2. The lowest BCUT2D eigenvalue weighted by atomic mass is 10.1. The average Bonchev–Trinajstić information content (AvgIpc) is 2.74. The van der Waals surface area contributed by atoms with Crippen LogP contribution in [0.5, 0.6) is 0 Å². The fourth-order valence-corrected chi connectivity index (χ4v) is 2.16. The van der Waals surface area contributed by atoms with Crippen LogP contribution < -0.4 is 5.32 Å². The van der Waals surface area contributed by atoms with Crippen molar-refractivity contribution in [2.24, 2.45) is 0 Å². The van der Waals surface area contributed by atoms with Crippen molar-refractivity contribution in [1.29, 1.82) is 0 Å². The Hall–Kier alpha value is -0.800. The van der Waals surface area contributed by atoms with Crippen LogP contribution in [0.1, 0.15) is 63.0 Å². The summed E-state index contributed by atoms with van der Waals surface area (Å²) in [7, 11) is 1.93. The number of nitrogens with one attached hydrogen (secondary N) is 1. The van der Waals surface area contributed by atoms with Crippen LogP contribution in [-0.4, -0.2) is 13.2 Å². The molecular weight excluding hydrogens is 238 g/mol. The molecule has 1 atom stereocenters. The molecule has 1 unspecified atom stereocenters. The second-order valence-electron chi connectivity index (χ2n) is 5.32. The van der Waals surface area contributed by atoms with E-state index in [2.05, 4.69) is 32.2 Å². The minimum atomic E-state index is 0.315. The van der Waals surface area contributed by atoms with Gasteiger partial charge in [0.05, 0.1) is 12.6 Å². The molecule has 3 nitrogen and oxygen atoms in total. The molecule has 1 aromatic heterocycles. The third-order valence-corrected chi connectivity index (χ3v) is 3.38. The van der Waals surface area contributed by atoms with Crippen molar-refractivity contribution < 1.29 is 9.15 Å². The van der Waals surface area contributed by atoms with Gasteiger partial charge in [0.2, 0.25) is 0 Å². The van der Waals surface area contributed by atoms with Gasteiger partial charge < -0.3 is 14.5 Å². The summed E-state index contributed by atoms with van der Waals surface area (Å²) in [4.78, 5) is 0. The fourth-order valence-electron chi connectivity index (χ4n) is 2.16. The van der Waals surface area contributed by atoms with Gasteiger partial charge in [-0.05, 0) is 38.9 Å². The maximum atomic E-state index is 5.84. The Kier molecular flexibility index (Phi) is 7.84. The highest BCUT2D eigenvalue weighted by Crippen LogP contribution is 2.17. The lowest BCUT2D eigenvalue weighted by Gasteiger charge is -2.11. The van der Waals surface area contributed by atoms with Crippen LogP contribution in [0.3, 0.4) is 0 Å². The van der Waals surface area contributed by atoms with E-state index < -0.39 is 0 Å². The molecule has 0 aliphatic rings. The van der Waals surface area contributed by atoms with Crippen LogP contribution in [-0.2, 0) is 17.9 Å². The van der Waals surface area contributed by atoms with Crippen molar-refractivity contribution in [2.75, 3.05) is 7.05 Å². The number of ether oxygens (including phenoxy) is 1. The van der Waals surface area contributed by atoms with Crippen molar-refractivity contribution in [2.45, 2.75) is 72.1 Å². The van der Waals surface area contributed by atoms with Crippen LogP contribution in [0.15, 0.2) is 10.5 Å². The van der Waals surface area contributed by atoms with E-state index in [1.165, 1.54) is 31.2 Å². The van der Waals surface area contributed by atoms with E-state index in [0.29, 0.717) is 12.7 Å². The number of hydrogen-bond acceptors (Lipinski definition) is 3. The molecule has 0 radical (unpaired) electrons. The van der Waals surface area contributed by atoms with E-state index in [4.69, 9.17) is 9.15 Å². The molecule has 0 saturated carbocycles. The molecule has 0 aliphatic carbocycles. The molecule has 110 valence electrons. The summed E-state index contributed by atoms with van der Waals surface area (Å²) in [6, 6.07) is 2.08. The Morgan fingerprint density at radius 1 is 1.32 bits per heavy atom. The molecule has 0 amide bonds. The molecule has 1 N–H and O–H groups in total. The van der Waals surface area contributed by atoms with Gasteiger partial charge in [0, 0.05) is 0 Å². The van der Waals surface area contributed by atoms with E-state index in [1.807, 2.05) is 7.05 Å². The molecule has 3 heteroatoms. The Balaban J connectivity index is 2.25. The van der Waals surface area contributed by atoms with Crippen molar-refractivity contribution in [3.8, 4) is 0 Å². The first-order valence-corrected chi connectivity index (χ1v) is 7.51. The number of rotatable bonds is 10. The molecule has 1 heterocycles. The molecule has 1 aromatic rings. The number of unbranched alkanes of at least 4 members (excludes halogenated alkanes) is 3. The second kappa shape index (κ2) is 9.16. The predicted octanol–water partition coefficient (Wildman–Crippen LogP) is 4.18. The normalized spacial score (nSPS) is 12.8. The van der Waals surface area contributed by atoms with Gasteiger partial charge in [-0.2, -0.15) is 0 Å². The van der Waals surface area contributed by atoms with Crippen LogP contribution in [0.25, 0.3) is 0 Å². The van der Waals surface area contributed by atoms with Crippen molar-refractivity contribution in [3.05, 3.63) is 23.2 Å². The van der Waals surface area contributed by atoms with Gasteiger partial charge in [0.1, 0.15) is 18.1 Å².